The molecule has 0 fully saturated rings. The molecule has 1 aliphatic carbocycles. The van der Waals surface area contributed by atoms with Crippen LogP contribution in [0.15, 0.2) is 48.5 Å². The first-order valence-electron chi connectivity index (χ1n) is 12.9. The third-order valence-electron chi connectivity index (χ3n) is 7.22. The zero-order valence-electron chi connectivity index (χ0n) is 21.7. The van der Waals surface area contributed by atoms with Gasteiger partial charge in [-0.2, -0.15) is 5.21 Å². The Hall–Kier alpha value is -3.91. The van der Waals surface area contributed by atoms with Gasteiger partial charge in [0.2, 0.25) is 5.82 Å². The molecule has 0 saturated carbocycles. The molecule has 8 nitrogen and oxygen atoms in total. The van der Waals surface area contributed by atoms with Gasteiger partial charge >= 0.3 is 0 Å². The largest absolute Gasteiger partial charge is 0.390 e. The number of aromatic nitrogens is 7. The molecule has 6 rings (SSSR count). The fraction of sp³-hybridized carbons (Fsp3) is 0.345. The number of rotatable bonds is 6. The first-order valence-corrected chi connectivity index (χ1v) is 12.9. The van der Waals surface area contributed by atoms with Gasteiger partial charge in [0.05, 0.1) is 11.6 Å². The zero-order chi connectivity index (χ0) is 25.7. The third kappa shape index (κ3) is 4.21. The lowest BCUT2D eigenvalue weighted by atomic mass is 9.96. The van der Waals surface area contributed by atoms with Crippen molar-refractivity contribution in [3.05, 3.63) is 76.7 Å². The minimum atomic E-state index is -0.820. The fourth-order valence-electron chi connectivity index (χ4n) is 5.67. The monoisotopic (exact) mass is 493 g/mol. The van der Waals surface area contributed by atoms with Crippen LogP contribution >= 0.6 is 0 Å². The number of pyridine rings is 1. The Balaban J connectivity index is 1.44. The Morgan fingerprint density at radius 1 is 1.08 bits per heavy atom. The number of nitrogens with one attached hydrogen (secondary N) is 1. The molecule has 2 N–H and O–H groups in total. The minimum Gasteiger partial charge on any atom is -0.390 e. The van der Waals surface area contributed by atoms with Gasteiger partial charge in [-0.3, -0.25) is 0 Å². The number of benzene rings is 2. The van der Waals surface area contributed by atoms with Crippen molar-refractivity contribution in [1.82, 2.24) is 35.2 Å². The smallest absolute Gasteiger partial charge is 0.205 e. The van der Waals surface area contributed by atoms with Crippen LogP contribution in [-0.4, -0.2) is 45.9 Å². The predicted molar refractivity (Wildman–Crippen MR) is 143 cm³/mol. The highest BCUT2D eigenvalue weighted by Crippen LogP contribution is 2.40. The molecule has 0 unspecified atom stereocenters. The second-order valence-corrected chi connectivity index (χ2v) is 10.6. The van der Waals surface area contributed by atoms with Gasteiger partial charge in [0.25, 0.3) is 0 Å². The average molecular weight is 494 g/mol. The van der Waals surface area contributed by atoms with Crippen molar-refractivity contribution in [3.63, 3.8) is 0 Å². The lowest BCUT2D eigenvalue weighted by molar-refractivity contribution is 0.0800. The lowest BCUT2D eigenvalue weighted by Gasteiger charge is -2.19. The lowest BCUT2D eigenvalue weighted by Crippen LogP contribution is -2.22. The Bertz CT molecular complexity index is 1600. The number of imidazole rings is 1. The summed E-state index contributed by atoms with van der Waals surface area (Å²) >= 11 is 0. The highest BCUT2D eigenvalue weighted by molar-refractivity contribution is 5.81. The molecule has 188 valence electrons. The molecule has 0 saturated heterocycles. The Morgan fingerprint density at radius 2 is 1.89 bits per heavy atom. The molecule has 1 atom stereocenters. The van der Waals surface area contributed by atoms with E-state index in [1.165, 1.54) is 11.1 Å². The summed E-state index contributed by atoms with van der Waals surface area (Å²) in [6.07, 6.45) is 3.32. The molecule has 0 amide bonds. The number of hydrogen-bond donors (Lipinski definition) is 2. The Labute approximate surface area is 215 Å². The minimum absolute atomic E-state index is 0.181. The van der Waals surface area contributed by atoms with E-state index in [1.807, 2.05) is 32.0 Å². The van der Waals surface area contributed by atoms with Crippen LogP contribution in [0.2, 0.25) is 0 Å². The topological polar surface area (TPSA) is 105 Å². The van der Waals surface area contributed by atoms with Crippen LogP contribution in [0.5, 0.6) is 0 Å². The molecule has 0 bridgehead atoms. The fourth-order valence-corrected chi connectivity index (χ4v) is 5.67. The summed E-state index contributed by atoms with van der Waals surface area (Å²) in [7, 11) is 0. The molecule has 0 aliphatic heterocycles. The summed E-state index contributed by atoms with van der Waals surface area (Å²) in [4.78, 5) is 10.0. The van der Waals surface area contributed by atoms with Crippen molar-refractivity contribution in [3.8, 4) is 22.5 Å². The summed E-state index contributed by atoms with van der Waals surface area (Å²) in [6, 6.07) is 17.2. The normalized spacial score (nSPS) is 15.4. The molecule has 0 radical (unpaired) electrons. The van der Waals surface area contributed by atoms with Gasteiger partial charge in [-0.25, -0.2) is 9.97 Å². The number of aryl methyl sites for hydroxylation is 3. The van der Waals surface area contributed by atoms with E-state index in [-0.39, 0.29) is 6.04 Å². The summed E-state index contributed by atoms with van der Waals surface area (Å²) in [5, 5.41) is 25.1. The molecule has 5 aromatic rings. The van der Waals surface area contributed by atoms with E-state index in [4.69, 9.17) is 9.97 Å². The van der Waals surface area contributed by atoms with Crippen molar-refractivity contribution >= 4 is 11.2 Å². The van der Waals surface area contributed by atoms with E-state index in [1.54, 1.807) is 0 Å². The van der Waals surface area contributed by atoms with E-state index >= 15 is 0 Å². The highest BCUT2D eigenvalue weighted by Gasteiger charge is 2.29. The summed E-state index contributed by atoms with van der Waals surface area (Å²) in [6.45, 7) is 7.89. The first-order chi connectivity index (χ1) is 17.8. The Kier molecular flexibility index (Phi) is 5.64. The molecule has 2 aromatic carbocycles. The maximum Gasteiger partial charge on any atom is 0.205 e. The van der Waals surface area contributed by atoms with Crippen LogP contribution in [0.3, 0.4) is 0 Å². The van der Waals surface area contributed by atoms with E-state index in [0.29, 0.717) is 12.2 Å². The van der Waals surface area contributed by atoms with Crippen molar-refractivity contribution in [2.45, 2.75) is 65.0 Å². The first kappa shape index (κ1) is 23.5. The molecule has 8 heteroatoms. The number of hydrogen-bond acceptors (Lipinski definition) is 6. The van der Waals surface area contributed by atoms with Crippen LogP contribution in [0.4, 0.5) is 0 Å². The summed E-state index contributed by atoms with van der Waals surface area (Å²) < 4.78 is 2.34. The second-order valence-electron chi connectivity index (χ2n) is 10.6. The van der Waals surface area contributed by atoms with Crippen LogP contribution in [-0.2, 0) is 19.3 Å². The SMILES string of the molecule is CCc1nc2c(C)cc(CC(C)(C)O)nc2n1[C@@H]1CCc2cc(-c3ccccc3-c3nn[nH]n3)ccc21. The van der Waals surface area contributed by atoms with Gasteiger partial charge in [0.1, 0.15) is 11.3 Å². The number of nitrogens with zero attached hydrogens (tertiary/aromatic N) is 6. The quantitative estimate of drug-likeness (QED) is 0.345. The molecule has 3 heterocycles. The standard InChI is InChI=1S/C29H31N7O/c1-5-25-31-26-17(2)14-20(16-29(3,4)37)30-28(26)36(25)24-13-11-19-15-18(10-12-22(19)24)21-8-6-7-9-23(21)27-32-34-35-33-27/h6-10,12,14-15,24,37H,5,11,13,16H2,1-4H3,(H,32,33,34,35)/t24-/m1/s1. The van der Waals surface area contributed by atoms with Gasteiger partial charge in [0.15, 0.2) is 5.65 Å². The number of tetrazole rings is 1. The molecule has 1 aliphatic rings. The number of aromatic amines is 1. The molecule has 3 aromatic heterocycles. The van der Waals surface area contributed by atoms with Crippen LogP contribution < -0.4 is 0 Å². The van der Waals surface area contributed by atoms with Gasteiger partial charge in [0, 0.05) is 24.1 Å². The Morgan fingerprint density at radius 3 is 2.62 bits per heavy atom. The predicted octanol–water partition coefficient (Wildman–Crippen LogP) is 5.00. The van der Waals surface area contributed by atoms with Gasteiger partial charge in [-0.15, -0.1) is 10.2 Å². The third-order valence-corrected chi connectivity index (χ3v) is 7.22. The van der Waals surface area contributed by atoms with Crippen molar-refractivity contribution in [2.75, 3.05) is 0 Å². The van der Waals surface area contributed by atoms with Crippen LogP contribution in [0.1, 0.15) is 61.4 Å². The van der Waals surface area contributed by atoms with E-state index in [9.17, 15) is 5.11 Å². The molecule has 37 heavy (non-hydrogen) atoms. The number of aliphatic hydroxyl groups is 1. The molecular formula is C29H31N7O. The second kappa shape index (κ2) is 8.88. The zero-order valence-corrected chi connectivity index (χ0v) is 21.7. The van der Waals surface area contributed by atoms with Gasteiger partial charge in [-0.1, -0.05) is 49.4 Å². The van der Waals surface area contributed by atoms with Gasteiger partial charge < -0.3 is 9.67 Å². The highest BCUT2D eigenvalue weighted by atomic mass is 16.3. The number of H-pyrrole nitrogens is 1. The van der Waals surface area contributed by atoms with Crippen LogP contribution in [0, 0.1) is 6.92 Å². The van der Waals surface area contributed by atoms with E-state index in [0.717, 1.165) is 64.2 Å². The summed E-state index contributed by atoms with van der Waals surface area (Å²) in [5.74, 6) is 1.64. The number of fused-ring (bicyclic) bond motifs is 2. The molecular weight excluding hydrogens is 462 g/mol. The van der Waals surface area contributed by atoms with E-state index in [2.05, 4.69) is 69.4 Å². The van der Waals surface area contributed by atoms with E-state index < -0.39 is 5.60 Å². The van der Waals surface area contributed by atoms with Gasteiger partial charge in [-0.05, 0) is 72.7 Å². The average Bonchev–Trinajstić information content (AvgIpc) is 3.61. The summed E-state index contributed by atoms with van der Waals surface area (Å²) in [5.41, 5.74) is 8.91. The van der Waals surface area contributed by atoms with Crippen LogP contribution in [0.25, 0.3) is 33.7 Å². The van der Waals surface area contributed by atoms with Crippen molar-refractivity contribution in [1.29, 1.82) is 0 Å². The maximum atomic E-state index is 10.4. The van der Waals surface area contributed by atoms with Crippen molar-refractivity contribution in [2.24, 2.45) is 0 Å². The maximum absolute atomic E-state index is 10.4. The molecule has 0 spiro atoms. The van der Waals surface area contributed by atoms with Crippen molar-refractivity contribution < 1.29 is 5.11 Å².